The molecule has 1 N–H and O–H groups in total. The molecule has 0 heterocycles. The molecule has 2 unspecified atom stereocenters. The van der Waals surface area contributed by atoms with E-state index in [1.807, 2.05) is 0 Å². The molecular formula is C15H28O. The molecule has 0 radical (unpaired) electrons. The smallest absolute Gasteiger partial charge is 0.0601 e. The van der Waals surface area contributed by atoms with Gasteiger partial charge in [-0.1, -0.05) is 40.0 Å². The van der Waals surface area contributed by atoms with Crippen molar-refractivity contribution in [2.45, 2.75) is 71.8 Å². The van der Waals surface area contributed by atoms with Crippen molar-refractivity contribution in [1.82, 2.24) is 0 Å². The Morgan fingerprint density at radius 2 is 1.69 bits per heavy atom. The van der Waals surface area contributed by atoms with Crippen LogP contribution in [0.25, 0.3) is 0 Å². The number of aliphatic hydroxyl groups is 1. The van der Waals surface area contributed by atoms with Crippen LogP contribution in [0.15, 0.2) is 0 Å². The third-order valence-electron chi connectivity index (χ3n) is 5.30. The summed E-state index contributed by atoms with van der Waals surface area (Å²) in [5, 5.41) is 10.6. The summed E-state index contributed by atoms with van der Waals surface area (Å²) in [4.78, 5) is 0. The van der Waals surface area contributed by atoms with Gasteiger partial charge >= 0.3 is 0 Å². The fourth-order valence-corrected chi connectivity index (χ4v) is 3.94. The molecule has 0 bridgehead atoms. The maximum Gasteiger partial charge on any atom is 0.0601 e. The topological polar surface area (TPSA) is 20.2 Å². The average molecular weight is 224 g/mol. The standard InChI is InChI=1S/C15H28O/c1-11-6-8-12(9-7-11)14(16)13-5-4-10-15(13,2)3/h11-14,16H,4-10H2,1-3H3. The minimum Gasteiger partial charge on any atom is -0.393 e. The Morgan fingerprint density at radius 1 is 1.06 bits per heavy atom. The maximum atomic E-state index is 10.6. The van der Waals surface area contributed by atoms with Crippen molar-refractivity contribution in [3.05, 3.63) is 0 Å². The van der Waals surface area contributed by atoms with E-state index in [1.54, 1.807) is 0 Å². The van der Waals surface area contributed by atoms with Crippen LogP contribution in [0.3, 0.4) is 0 Å². The summed E-state index contributed by atoms with van der Waals surface area (Å²) in [6, 6.07) is 0. The van der Waals surface area contributed by atoms with Crippen molar-refractivity contribution in [3.63, 3.8) is 0 Å². The summed E-state index contributed by atoms with van der Waals surface area (Å²) < 4.78 is 0. The summed E-state index contributed by atoms with van der Waals surface area (Å²) in [7, 11) is 0. The Morgan fingerprint density at radius 3 is 2.19 bits per heavy atom. The van der Waals surface area contributed by atoms with Crippen LogP contribution in [0, 0.1) is 23.2 Å². The molecule has 16 heavy (non-hydrogen) atoms. The van der Waals surface area contributed by atoms with Crippen LogP contribution >= 0.6 is 0 Å². The zero-order valence-corrected chi connectivity index (χ0v) is 11.2. The van der Waals surface area contributed by atoms with Gasteiger partial charge in [0.05, 0.1) is 6.10 Å². The molecule has 0 aromatic rings. The van der Waals surface area contributed by atoms with Gasteiger partial charge in [0.1, 0.15) is 0 Å². The van der Waals surface area contributed by atoms with Gasteiger partial charge in [0.15, 0.2) is 0 Å². The lowest BCUT2D eigenvalue weighted by Crippen LogP contribution is -2.37. The summed E-state index contributed by atoms with van der Waals surface area (Å²) in [5.41, 5.74) is 0.377. The van der Waals surface area contributed by atoms with Gasteiger partial charge in [-0.05, 0) is 48.9 Å². The van der Waals surface area contributed by atoms with Gasteiger partial charge in [-0.2, -0.15) is 0 Å². The van der Waals surface area contributed by atoms with Crippen molar-refractivity contribution in [2.75, 3.05) is 0 Å². The average Bonchev–Trinajstić information content (AvgIpc) is 2.58. The highest BCUT2D eigenvalue weighted by molar-refractivity contribution is 4.92. The molecule has 1 nitrogen and oxygen atoms in total. The summed E-state index contributed by atoms with van der Waals surface area (Å²) in [5.74, 6) is 2.05. The van der Waals surface area contributed by atoms with Crippen molar-refractivity contribution in [1.29, 1.82) is 0 Å². The Balaban J connectivity index is 1.94. The molecule has 2 atom stereocenters. The monoisotopic (exact) mass is 224 g/mol. The molecule has 0 aromatic carbocycles. The molecule has 0 spiro atoms. The van der Waals surface area contributed by atoms with Gasteiger partial charge in [-0.25, -0.2) is 0 Å². The lowest BCUT2D eigenvalue weighted by atomic mass is 9.70. The van der Waals surface area contributed by atoms with Crippen LogP contribution in [0.5, 0.6) is 0 Å². The molecule has 2 fully saturated rings. The predicted octanol–water partition coefficient (Wildman–Crippen LogP) is 4.00. The molecule has 0 amide bonds. The molecule has 2 rings (SSSR count). The van der Waals surface area contributed by atoms with Crippen molar-refractivity contribution >= 4 is 0 Å². The second kappa shape index (κ2) is 4.68. The lowest BCUT2D eigenvalue weighted by molar-refractivity contribution is -0.00768. The second-order valence-corrected chi connectivity index (χ2v) is 7.00. The first-order chi connectivity index (χ1) is 7.50. The number of hydrogen-bond acceptors (Lipinski definition) is 1. The van der Waals surface area contributed by atoms with Crippen LogP contribution in [-0.2, 0) is 0 Å². The number of rotatable bonds is 2. The first kappa shape index (κ1) is 12.4. The predicted molar refractivity (Wildman–Crippen MR) is 68.3 cm³/mol. The van der Waals surface area contributed by atoms with Gasteiger partial charge in [0, 0.05) is 0 Å². The quantitative estimate of drug-likeness (QED) is 0.751. The zero-order chi connectivity index (χ0) is 11.8. The van der Waals surface area contributed by atoms with E-state index in [0.717, 1.165) is 5.92 Å². The Labute approximate surface area is 101 Å². The number of hydrogen-bond donors (Lipinski definition) is 1. The Hall–Kier alpha value is -0.0400. The molecule has 1 heteroatoms. The van der Waals surface area contributed by atoms with E-state index < -0.39 is 0 Å². The zero-order valence-electron chi connectivity index (χ0n) is 11.2. The summed E-state index contributed by atoms with van der Waals surface area (Å²) >= 11 is 0. The van der Waals surface area contributed by atoms with Crippen molar-refractivity contribution < 1.29 is 5.11 Å². The molecule has 0 aliphatic heterocycles. The highest BCUT2D eigenvalue weighted by Gasteiger charge is 2.42. The van der Waals surface area contributed by atoms with E-state index in [2.05, 4.69) is 20.8 Å². The fourth-order valence-electron chi connectivity index (χ4n) is 3.94. The molecular weight excluding hydrogens is 196 g/mol. The van der Waals surface area contributed by atoms with Crippen molar-refractivity contribution in [2.24, 2.45) is 23.2 Å². The van der Waals surface area contributed by atoms with Gasteiger partial charge in [-0.3, -0.25) is 0 Å². The van der Waals surface area contributed by atoms with Crippen LogP contribution in [0.1, 0.15) is 65.7 Å². The van der Waals surface area contributed by atoms with Gasteiger partial charge in [-0.15, -0.1) is 0 Å². The Bertz CT molecular complexity index is 226. The largest absolute Gasteiger partial charge is 0.393 e. The van der Waals surface area contributed by atoms with E-state index in [4.69, 9.17) is 0 Å². The SMILES string of the molecule is CC1CCC(C(O)C2CCCC2(C)C)CC1. The minimum atomic E-state index is -0.0231. The molecule has 2 saturated carbocycles. The van der Waals surface area contributed by atoms with Crippen LogP contribution in [0.2, 0.25) is 0 Å². The first-order valence-corrected chi connectivity index (χ1v) is 7.19. The lowest BCUT2D eigenvalue weighted by Gasteiger charge is -2.38. The second-order valence-electron chi connectivity index (χ2n) is 7.00. The van der Waals surface area contributed by atoms with Crippen molar-refractivity contribution in [3.8, 4) is 0 Å². The van der Waals surface area contributed by atoms with Crippen LogP contribution < -0.4 is 0 Å². The third kappa shape index (κ3) is 2.45. The normalized spacial score (nSPS) is 40.9. The van der Waals surface area contributed by atoms with E-state index in [-0.39, 0.29) is 6.10 Å². The fraction of sp³-hybridized carbons (Fsp3) is 1.00. The Kier molecular flexibility index (Phi) is 3.63. The van der Waals surface area contributed by atoms with E-state index >= 15 is 0 Å². The summed E-state index contributed by atoms with van der Waals surface area (Å²) in [6.45, 7) is 7.04. The molecule has 0 saturated heterocycles. The highest BCUT2D eigenvalue weighted by Crippen LogP contribution is 2.47. The van der Waals surface area contributed by atoms with E-state index in [0.29, 0.717) is 17.3 Å². The third-order valence-corrected chi connectivity index (χ3v) is 5.30. The van der Waals surface area contributed by atoms with E-state index in [9.17, 15) is 5.11 Å². The van der Waals surface area contributed by atoms with Gasteiger partial charge in [0.2, 0.25) is 0 Å². The highest BCUT2D eigenvalue weighted by atomic mass is 16.3. The maximum absolute atomic E-state index is 10.6. The molecule has 2 aliphatic carbocycles. The molecule has 94 valence electrons. The number of aliphatic hydroxyl groups excluding tert-OH is 1. The van der Waals surface area contributed by atoms with Gasteiger partial charge < -0.3 is 5.11 Å². The molecule has 2 aliphatic rings. The van der Waals surface area contributed by atoms with Crippen LogP contribution in [-0.4, -0.2) is 11.2 Å². The van der Waals surface area contributed by atoms with Crippen LogP contribution in [0.4, 0.5) is 0 Å². The molecule has 0 aromatic heterocycles. The van der Waals surface area contributed by atoms with E-state index in [1.165, 1.54) is 44.9 Å². The minimum absolute atomic E-state index is 0.0231. The first-order valence-electron chi connectivity index (χ1n) is 7.19. The van der Waals surface area contributed by atoms with Gasteiger partial charge in [0.25, 0.3) is 0 Å². The summed E-state index contributed by atoms with van der Waals surface area (Å²) in [6.07, 6.45) is 9.02.